The summed E-state index contributed by atoms with van der Waals surface area (Å²) in [5.74, 6) is -0.931. The lowest BCUT2D eigenvalue weighted by Gasteiger charge is -2.09. The van der Waals surface area contributed by atoms with Gasteiger partial charge in [-0.3, -0.25) is 0 Å². The molecule has 0 spiro atoms. The minimum atomic E-state index is -0.931. The Morgan fingerprint density at radius 2 is 1.96 bits per heavy atom. The Hall–Kier alpha value is -2.95. The number of nitrogens with zero attached hydrogens (tertiary/aromatic N) is 3. The number of aromatic nitrogens is 3. The molecule has 1 aromatic heterocycles. The van der Waals surface area contributed by atoms with Crippen LogP contribution in [0, 0.1) is 13.8 Å². The first-order chi connectivity index (χ1) is 11.0. The van der Waals surface area contributed by atoms with Crippen LogP contribution in [0.4, 0.5) is 0 Å². The quantitative estimate of drug-likeness (QED) is 0.803. The zero-order valence-corrected chi connectivity index (χ0v) is 13.0. The molecule has 0 aliphatic rings. The molecule has 0 fully saturated rings. The molecule has 5 nitrogen and oxygen atoms in total. The predicted molar refractivity (Wildman–Crippen MR) is 87.4 cm³/mol. The SMILES string of the molecule is Cc1ccc(-c2cnnn2Cc2cccc(C(=O)O)c2)cc1C. The maximum absolute atomic E-state index is 11.1. The Balaban J connectivity index is 1.93. The predicted octanol–water partition coefficient (Wildman–Crippen LogP) is 3.31. The van der Waals surface area contributed by atoms with Gasteiger partial charge in [0.25, 0.3) is 0 Å². The minimum absolute atomic E-state index is 0.273. The van der Waals surface area contributed by atoms with Gasteiger partial charge < -0.3 is 5.11 Å². The van der Waals surface area contributed by atoms with Gasteiger partial charge in [0.05, 0.1) is 24.0 Å². The molecule has 0 saturated heterocycles. The van der Waals surface area contributed by atoms with Gasteiger partial charge in [0.15, 0.2) is 0 Å². The van der Waals surface area contributed by atoms with E-state index in [1.807, 2.05) is 12.1 Å². The number of carboxylic acid groups (broad SMARTS) is 1. The first-order valence-electron chi connectivity index (χ1n) is 7.33. The third-order valence-electron chi connectivity index (χ3n) is 3.93. The van der Waals surface area contributed by atoms with E-state index < -0.39 is 5.97 Å². The van der Waals surface area contributed by atoms with Crippen molar-refractivity contribution in [3.05, 3.63) is 70.9 Å². The lowest BCUT2D eigenvalue weighted by Crippen LogP contribution is -2.05. The molecular weight excluding hydrogens is 290 g/mol. The summed E-state index contributed by atoms with van der Waals surface area (Å²) in [6.45, 7) is 4.62. The smallest absolute Gasteiger partial charge is 0.335 e. The highest BCUT2D eigenvalue weighted by Crippen LogP contribution is 2.22. The van der Waals surface area contributed by atoms with Crippen LogP contribution in [0.5, 0.6) is 0 Å². The number of rotatable bonds is 4. The summed E-state index contributed by atoms with van der Waals surface area (Å²) in [4.78, 5) is 11.1. The van der Waals surface area contributed by atoms with E-state index in [1.54, 1.807) is 29.1 Å². The monoisotopic (exact) mass is 307 g/mol. The Labute approximate surface area is 134 Å². The second kappa shape index (κ2) is 6.04. The van der Waals surface area contributed by atoms with Crippen molar-refractivity contribution in [2.75, 3.05) is 0 Å². The summed E-state index contributed by atoms with van der Waals surface area (Å²) in [6, 6.07) is 13.1. The van der Waals surface area contributed by atoms with Crippen LogP contribution in [0.1, 0.15) is 27.0 Å². The first kappa shape index (κ1) is 15.0. The summed E-state index contributed by atoms with van der Waals surface area (Å²) in [5.41, 5.74) is 5.56. The molecule has 116 valence electrons. The lowest BCUT2D eigenvalue weighted by atomic mass is 10.0. The van der Waals surface area contributed by atoms with Crippen LogP contribution in [0.15, 0.2) is 48.7 Å². The average molecular weight is 307 g/mol. The number of benzene rings is 2. The molecular formula is C18H17N3O2. The van der Waals surface area contributed by atoms with E-state index in [1.165, 1.54) is 11.1 Å². The molecule has 5 heteroatoms. The van der Waals surface area contributed by atoms with Crippen molar-refractivity contribution >= 4 is 5.97 Å². The van der Waals surface area contributed by atoms with E-state index in [0.29, 0.717) is 6.54 Å². The van der Waals surface area contributed by atoms with E-state index in [4.69, 9.17) is 5.11 Å². The number of hydrogen-bond donors (Lipinski definition) is 1. The van der Waals surface area contributed by atoms with Crippen molar-refractivity contribution in [1.82, 2.24) is 15.0 Å². The summed E-state index contributed by atoms with van der Waals surface area (Å²) in [5, 5.41) is 17.2. The third kappa shape index (κ3) is 3.13. The standard InChI is InChI=1S/C18H17N3O2/c1-12-6-7-15(8-13(12)2)17-10-19-20-21(17)11-14-4-3-5-16(9-14)18(22)23/h3-10H,11H2,1-2H3,(H,22,23). The van der Waals surface area contributed by atoms with Gasteiger partial charge in [0, 0.05) is 5.56 Å². The molecule has 0 amide bonds. The minimum Gasteiger partial charge on any atom is -0.478 e. The molecule has 0 atom stereocenters. The topological polar surface area (TPSA) is 68.0 Å². The van der Waals surface area contributed by atoms with Crippen LogP contribution in [0.25, 0.3) is 11.3 Å². The second-order valence-electron chi connectivity index (χ2n) is 5.58. The van der Waals surface area contributed by atoms with E-state index in [9.17, 15) is 4.79 Å². The van der Waals surface area contributed by atoms with Crippen LogP contribution in [0.3, 0.4) is 0 Å². The van der Waals surface area contributed by atoms with Crippen molar-refractivity contribution in [2.24, 2.45) is 0 Å². The molecule has 0 radical (unpaired) electrons. The third-order valence-corrected chi connectivity index (χ3v) is 3.93. The molecule has 1 N–H and O–H groups in total. The molecule has 3 aromatic rings. The van der Waals surface area contributed by atoms with Gasteiger partial charge in [0.2, 0.25) is 0 Å². The van der Waals surface area contributed by atoms with E-state index >= 15 is 0 Å². The van der Waals surface area contributed by atoms with Gasteiger partial charge in [-0.1, -0.05) is 29.5 Å². The van der Waals surface area contributed by atoms with Crippen LogP contribution < -0.4 is 0 Å². The normalized spacial score (nSPS) is 10.7. The van der Waals surface area contributed by atoms with Gasteiger partial charge in [-0.05, 0) is 48.7 Å². The van der Waals surface area contributed by atoms with Gasteiger partial charge in [-0.2, -0.15) is 0 Å². The fraction of sp³-hybridized carbons (Fsp3) is 0.167. The molecule has 0 aliphatic carbocycles. The maximum Gasteiger partial charge on any atom is 0.335 e. The van der Waals surface area contributed by atoms with Crippen molar-refractivity contribution in [3.63, 3.8) is 0 Å². The molecule has 0 bridgehead atoms. The summed E-state index contributed by atoms with van der Waals surface area (Å²) in [7, 11) is 0. The highest BCUT2D eigenvalue weighted by Gasteiger charge is 2.10. The van der Waals surface area contributed by atoms with Gasteiger partial charge in [-0.15, -0.1) is 5.10 Å². The molecule has 23 heavy (non-hydrogen) atoms. The summed E-state index contributed by atoms with van der Waals surface area (Å²) >= 11 is 0. The zero-order valence-electron chi connectivity index (χ0n) is 13.0. The van der Waals surface area contributed by atoms with Crippen LogP contribution in [-0.2, 0) is 6.54 Å². The summed E-state index contributed by atoms with van der Waals surface area (Å²) in [6.07, 6.45) is 1.73. The maximum atomic E-state index is 11.1. The Morgan fingerprint density at radius 3 is 2.70 bits per heavy atom. The molecule has 0 unspecified atom stereocenters. The van der Waals surface area contributed by atoms with Gasteiger partial charge in [-0.25, -0.2) is 9.48 Å². The van der Waals surface area contributed by atoms with Crippen molar-refractivity contribution in [1.29, 1.82) is 0 Å². The van der Waals surface area contributed by atoms with Crippen molar-refractivity contribution in [2.45, 2.75) is 20.4 Å². The Kier molecular flexibility index (Phi) is 3.93. The van der Waals surface area contributed by atoms with Crippen LogP contribution in [0.2, 0.25) is 0 Å². The Bertz CT molecular complexity index is 868. The molecule has 2 aromatic carbocycles. The Morgan fingerprint density at radius 1 is 1.13 bits per heavy atom. The average Bonchev–Trinajstić information content (AvgIpc) is 2.98. The van der Waals surface area contributed by atoms with E-state index in [-0.39, 0.29) is 5.56 Å². The summed E-state index contributed by atoms with van der Waals surface area (Å²) < 4.78 is 1.78. The van der Waals surface area contributed by atoms with Crippen LogP contribution >= 0.6 is 0 Å². The highest BCUT2D eigenvalue weighted by atomic mass is 16.4. The number of carbonyl (C=O) groups is 1. The van der Waals surface area contributed by atoms with Crippen molar-refractivity contribution < 1.29 is 9.90 Å². The number of aromatic carboxylic acids is 1. The zero-order chi connectivity index (χ0) is 16.4. The lowest BCUT2D eigenvalue weighted by molar-refractivity contribution is 0.0696. The number of carboxylic acids is 1. The fourth-order valence-corrected chi connectivity index (χ4v) is 2.47. The van der Waals surface area contributed by atoms with E-state index in [2.05, 4.69) is 36.3 Å². The molecule has 1 heterocycles. The fourth-order valence-electron chi connectivity index (χ4n) is 2.47. The largest absolute Gasteiger partial charge is 0.478 e. The number of aryl methyl sites for hydroxylation is 2. The molecule has 0 saturated carbocycles. The highest BCUT2D eigenvalue weighted by molar-refractivity contribution is 5.87. The van der Waals surface area contributed by atoms with Crippen LogP contribution in [-0.4, -0.2) is 26.1 Å². The van der Waals surface area contributed by atoms with Crippen molar-refractivity contribution in [3.8, 4) is 11.3 Å². The van der Waals surface area contributed by atoms with E-state index in [0.717, 1.165) is 16.8 Å². The first-order valence-corrected chi connectivity index (χ1v) is 7.33. The number of hydrogen-bond acceptors (Lipinski definition) is 3. The van der Waals surface area contributed by atoms with Gasteiger partial charge >= 0.3 is 5.97 Å². The molecule has 0 aliphatic heterocycles. The second-order valence-corrected chi connectivity index (χ2v) is 5.58. The molecule has 3 rings (SSSR count). The van der Waals surface area contributed by atoms with Gasteiger partial charge in [0.1, 0.15) is 0 Å².